The van der Waals surface area contributed by atoms with Gasteiger partial charge in [0.05, 0.1) is 0 Å². The Balaban J connectivity index is 2.23. The van der Waals surface area contributed by atoms with Crippen molar-refractivity contribution in [2.24, 2.45) is 5.92 Å². The molecule has 0 bridgehead atoms. The molecule has 2 rings (SSSR count). The summed E-state index contributed by atoms with van der Waals surface area (Å²) in [4.78, 5) is 23.9. The van der Waals surface area contributed by atoms with Crippen molar-refractivity contribution in [2.75, 3.05) is 37.7 Å². The van der Waals surface area contributed by atoms with E-state index in [-0.39, 0.29) is 11.7 Å². The van der Waals surface area contributed by atoms with E-state index in [0.717, 1.165) is 26.1 Å². The third-order valence-electron chi connectivity index (χ3n) is 4.73. The van der Waals surface area contributed by atoms with Gasteiger partial charge < -0.3 is 9.64 Å². The molecular weight excluding hydrogens is 380 g/mol. The van der Waals surface area contributed by atoms with Crippen molar-refractivity contribution < 1.29 is 9.53 Å². The molecule has 0 radical (unpaired) electrons. The van der Waals surface area contributed by atoms with Crippen molar-refractivity contribution in [1.82, 2.24) is 19.9 Å². The lowest BCUT2D eigenvalue weighted by Crippen LogP contribution is -2.51. The molecule has 1 aromatic rings. The largest absolute Gasteiger partial charge is 0.442 e. The van der Waals surface area contributed by atoms with Crippen LogP contribution < -0.4 is 5.01 Å². The van der Waals surface area contributed by atoms with Gasteiger partial charge in [-0.2, -0.15) is 10.2 Å². The number of carbonyl (C=O) groups is 1. The summed E-state index contributed by atoms with van der Waals surface area (Å²) >= 11 is 0. The van der Waals surface area contributed by atoms with Crippen molar-refractivity contribution in [3.05, 3.63) is 18.1 Å². The second kappa shape index (κ2) is 11.1. The molecule has 0 saturated carbocycles. The van der Waals surface area contributed by atoms with Crippen molar-refractivity contribution in [2.45, 2.75) is 65.9 Å². The van der Waals surface area contributed by atoms with Gasteiger partial charge in [0.25, 0.3) is 0 Å². The predicted octanol–water partition coefficient (Wildman–Crippen LogP) is 3.84. The maximum atomic E-state index is 13.1. The van der Waals surface area contributed by atoms with Crippen LogP contribution in [0.15, 0.2) is 12.3 Å². The molecule has 1 aromatic heterocycles. The lowest BCUT2D eigenvalue weighted by atomic mass is 10.1. The number of ether oxygens (including phenoxy) is 1. The summed E-state index contributed by atoms with van der Waals surface area (Å²) in [7, 11) is 0. The second-order valence-corrected chi connectivity index (χ2v) is 9.19. The number of hydrogen-bond acceptors (Lipinski definition) is 7. The first-order chi connectivity index (χ1) is 14.2. The van der Waals surface area contributed by atoms with Gasteiger partial charge in [-0.1, -0.05) is 20.3 Å². The maximum Gasteiger partial charge on any atom is 0.429 e. The number of hydrazine groups is 1. The average molecular weight is 417 g/mol. The van der Waals surface area contributed by atoms with Crippen molar-refractivity contribution in [3.8, 4) is 6.07 Å². The number of piperidine rings is 1. The maximum absolute atomic E-state index is 13.1. The lowest BCUT2D eigenvalue weighted by Gasteiger charge is -2.38. The third kappa shape index (κ3) is 7.79. The number of rotatable bonds is 8. The number of anilines is 1. The highest BCUT2D eigenvalue weighted by Gasteiger charge is 2.29. The van der Waals surface area contributed by atoms with Crippen LogP contribution in [0, 0.1) is 17.2 Å². The predicted molar refractivity (Wildman–Crippen MR) is 117 cm³/mol. The summed E-state index contributed by atoms with van der Waals surface area (Å²) in [5, 5.41) is 12.7. The Kier molecular flexibility index (Phi) is 8.85. The van der Waals surface area contributed by atoms with Gasteiger partial charge in [-0.3, -0.25) is 5.01 Å². The Bertz CT molecular complexity index is 719. The molecule has 1 aliphatic heterocycles. The molecule has 0 unspecified atom stereocenters. The molecule has 166 valence electrons. The monoisotopic (exact) mass is 416 g/mol. The van der Waals surface area contributed by atoms with Gasteiger partial charge in [-0.25, -0.2) is 14.8 Å². The second-order valence-electron chi connectivity index (χ2n) is 9.19. The highest BCUT2D eigenvalue weighted by atomic mass is 16.6. The first-order valence-electron chi connectivity index (χ1n) is 10.9. The average Bonchev–Trinajstić information content (AvgIpc) is 2.69. The molecule has 8 nitrogen and oxygen atoms in total. The van der Waals surface area contributed by atoms with Gasteiger partial charge in [-0.15, -0.1) is 0 Å². The van der Waals surface area contributed by atoms with Crippen LogP contribution in [0.1, 0.15) is 66.1 Å². The number of carbonyl (C=O) groups excluding carboxylic acids is 1. The van der Waals surface area contributed by atoms with Gasteiger partial charge in [-0.05, 0) is 65.6 Å². The zero-order valence-corrected chi connectivity index (χ0v) is 19.1. The molecule has 0 spiro atoms. The van der Waals surface area contributed by atoms with Gasteiger partial charge in [0.1, 0.15) is 11.7 Å². The van der Waals surface area contributed by atoms with Crippen LogP contribution in [-0.4, -0.2) is 64.3 Å². The van der Waals surface area contributed by atoms with E-state index in [0.29, 0.717) is 18.9 Å². The normalized spacial score (nSPS) is 15.0. The Morgan fingerprint density at radius 2 is 2.00 bits per heavy atom. The third-order valence-corrected chi connectivity index (χ3v) is 4.73. The van der Waals surface area contributed by atoms with Crippen LogP contribution in [0.25, 0.3) is 0 Å². The lowest BCUT2D eigenvalue weighted by molar-refractivity contribution is 0.0208. The SMILES string of the molecule is CC(C)CN(c1ccnc(C#N)n1)N(CCCN1CCCCC1)C(=O)OC(C)(C)C. The first kappa shape index (κ1) is 23.9. The van der Waals surface area contributed by atoms with E-state index in [1.807, 2.05) is 31.8 Å². The topological polar surface area (TPSA) is 85.6 Å². The zero-order valence-electron chi connectivity index (χ0n) is 19.1. The van der Waals surface area contributed by atoms with Crippen LogP contribution >= 0.6 is 0 Å². The molecule has 2 heterocycles. The molecule has 1 amide bonds. The number of nitrogens with zero attached hydrogens (tertiary/aromatic N) is 6. The zero-order chi connectivity index (χ0) is 22.1. The van der Waals surface area contributed by atoms with Crippen LogP contribution in [-0.2, 0) is 4.74 Å². The van der Waals surface area contributed by atoms with Gasteiger partial charge in [0.2, 0.25) is 5.82 Å². The molecule has 30 heavy (non-hydrogen) atoms. The molecule has 1 fully saturated rings. The van der Waals surface area contributed by atoms with Gasteiger partial charge >= 0.3 is 6.09 Å². The fourth-order valence-corrected chi connectivity index (χ4v) is 3.46. The summed E-state index contributed by atoms with van der Waals surface area (Å²) in [5.41, 5.74) is -0.602. The van der Waals surface area contributed by atoms with E-state index >= 15 is 0 Å². The van der Waals surface area contributed by atoms with E-state index in [1.54, 1.807) is 17.3 Å². The van der Waals surface area contributed by atoms with E-state index in [1.165, 1.54) is 19.3 Å². The molecule has 1 aliphatic rings. The summed E-state index contributed by atoms with van der Waals surface area (Å²) in [6, 6.07) is 3.71. The fraction of sp³-hybridized carbons (Fsp3) is 0.727. The van der Waals surface area contributed by atoms with Crippen LogP contribution in [0.5, 0.6) is 0 Å². The highest BCUT2D eigenvalue weighted by molar-refractivity contribution is 5.70. The molecular formula is C22H36N6O2. The quantitative estimate of drug-likeness (QED) is 0.595. The molecule has 8 heteroatoms. The minimum absolute atomic E-state index is 0.0821. The highest BCUT2D eigenvalue weighted by Crippen LogP contribution is 2.20. The molecule has 0 aromatic carbocycles. The van der Waals surface area contributed by atoms with E-state index in [9.17, 15) is 10.1 Å². The number of amides is 1. The summed E-state index contributed by atoms with van der Waals surface area (Å²) in [6.07, 6.45) is 5.77. The van der Waals surface area contributed by atoms with Crippen molar-refractivity contribution in [3.63, 3.8) is 0 Å². The minimum atomic E-state index is -0.602. The van der Waals surface area contributed by atoms with Crippen LogP contribution in [0.4, 0.5) is 10.6 Å². The molecule has 0 N–H and O–H groups in total. The van der Waals surface area contributed by atoms with Crippen LogP contribution in [0.2, 0.25) is 0 Å². The summed E-state index contributed by atoms with van der Waals surface area (Å²) < 4.78 is 5.71. The minimum Gasteiger partial charge on any atom is -0.442 e. The van der Waals surface area contributed by atoms with E-state index in [2.05, 4.69) is 28.7 Å². The first-order valence-corrected chi connectivity index (χ1v) is 10.9. The van der Waals surface area contributed by atoms with E-state index in [4.69, 9.17) is 4.74 Å². The molecule has 1 saturated heterocycles. The van der Waals surface area contributed by atoms with Gasteiger partial charge in [0, 0.05) is 25.4 Å². The Morgan fingerprint density at radius 1 is 1.30 bits per heavy atom. The summed E-state index contributed by atoms with van der Waals surface area (Å²) in [5.74, 6) is 0.885. The molecule has 0 aliphatic carbocycles. The van der Waals surface area contributed by atoms with Crippen molar-refractivity contribution >= 4 is 11.9 Å². The standard InChI is InChI=1S/C22H36N6O2/c1-18(2)17-28(20-10-11-24-19(16-23)25-20)27(21(29)30-22(3,4)5)15-9-14-26-12-7-6-8-13-26/h10-11,18H,6-9,12-15,17H2,1-5H3. The Morgan fingerprint density at radius 3 is 2.60 bits per heavy atom. The number of hydrogen-bond donors (Lipinski definition) is 0. The molecule has 0 atom stereocenters. The summed E-state index contributed by atoms with van der Waals surface area (Å²) in [6.45, 7) is 14.0. The number of nitriles is 1. The Labute approximate surface area is 180 Å². The Hall–Kier alpha value is -2.40. The smallest absolute Gasteiger partial charge is 0.429 e. The fourth-order valence-electron chi connectivity index (χ4n) is 3.46. The number of aromatic nitrogens is 2. The van der Waals surface area contributed by atoms with E-state index < -0.39 is 11.7 Å². The van der Waals surface area contributed by atoms with Crippen molar-refractivity contribution in [1.29, 1.82) is 5.26 Å². The van der Waals surface area contributed by atoms with Crippen LogP contribution in [0.3, 0.4) is 0 Å². The van der Waals surface area contributed by atoms with Gasteiger partial charge in [0.15, 0.2) is 5.82 Å². The number of likely N-dealkylation sites (tertiary alicyclic amines) is 1.